The number of hydrogen-bond donors (Lipinski definition) is 0. The number of thiophene rings is 1. The minimum Gasteiger partial charge on any atom is -0.496 e. The molecule has 1 aromatic heterocycles. The van der Waals surface area contributed by atoms with Gasteiger partial charge in [-0.2, -0.15) is 0 Å². The monoisotopic (exact) mass is 192 g/mol. The highest BCUT2D eigenvalue weighted by Crippen LogP contribution is 2.31. The summed E-state index contributed by atoms with van der Waals surface area (Å²) < 4.78 is 6.66. The van der Waals surface area contributed by atoms with Gasteiger partial charge in [-0.05, 0) is 35.4 Å². The first-order valence-electron chi connectivity index (χ1n) is 4.40. The van der Waals surface area contributed by atoms with Crippen molar-refractivity contribution in [1.29, 1.82) is 0 Å². The maximum Gasteiger partial charge on any atom is 0.122 e. The highest BCUT2D eigenvalue weighted by atomic mass is 32.1. The summed E-state index contributed by atoms with van der Waals surface area (Å²) in [5.74, 6) is 1.01. The lowest BCUT2D eigenvalue weighted by atomic mass is 10.1. The predicted octanol–water partition coefficient (Wildman–Crippen LogP) is 3.47. The number of aryl methyl sites for hydroxylation is 1. The molecule has 0 aliphatic carbocycles. The van der Waals surface area contributed by atoms with Crippen molar-refractivity contribution in [3.8, 4) is 5.75 Å². The Morgan fingerprint density at radius 3 is 2.85 bits per heavy atom. The molecule has 2 aromatic rings. The van der Waals surface area contributed by atoms with Crippen molar-refractivity contribution in [2.75, 3.05) is 7.11 Å². The molecule has 0 amide bonds. The van der Waals surface area contributed by atoms with E-state index in [1.54, 1.807) is 18.4 Å². The molecule has 0 aliphatic heterocycles. The van der Waals surface area contributed by atoms with Crippen LogP contribution in [0.5, 0.6) is 5.75 Å². The fourth-order valence-corrected chi connectivity index (χ4v) is 2.46. The summed E-state index contributed by atoms with van der Waals surface area (Å²) in [5.41, 5.74) is 1.32. The van der Waals surface area contributed by atoms with Gasteiger partial charge < -0.3 is 4.74 Å². The molecule has 0 atom stereocenters. The fraction of sp³-hybridized carbons (Fsp3) is 0.273. The van der Waals surface area contributed by atoms with Crippen molar-refractivity contribution in [2.24, 2.45) is 0 Å². The Labute approximate surface area is 82.0 Å². The van der Waals surface area contributed by atoms with Crippen molar-refractivity contribution >= 4 is 21.4 Å². The van der Waals surface area contributed by atoms with E-state index in [4.69, 9.17) is 4.74 Å². The number of rotatable bonds is 2. The molecular weight excluding hydrogens is 180 g/mol. The molecule has 0 spiro atoms. The summed E-state index contributed by atoms with van der Waals surface area (Å²) in [5, 5.41) is 3.47. The van der Waals surface area contributed by atoms with E-state index in [9.17, 15) is 0 Å². The van der Waals surface area contributed by atoms with Gasteiger partial charge >= 0.3 is 0 Å². The van der Waals surface area contributed by atoms with Gasteiger partial charge in [-0.1, -0.05) is 6.92 Å². The van der Waals surface area contributed by atoms with E-state index in [-0.39, 0.29) is 0 Å². The van der Waals surface area contributed by atoms with Crippen LogP contribution in [0, 0.1) is 0 Å². The summed E-state index contributed by atoms with van der Waals surface area (Å²) in [6.07, 6.45) is 1.03. The molecule has 13 heavy (non-hydrogen) atoms. The van der Waals surface area contributed by atoms with Gasteiger partial charge in [0.2, 0.25) is 0 Å². The minimum atomic E-state index is 1.01. The van der Waals surface area contributed by atoms with Crippen molar-refractivity contribution in [3.63, 3.8) is 0 Å². The molecular formula is C11H12OS. The second-order valence-corrected chi connectivity index (χ2v) is 3.88. The molecule has 0 N–H and O–H groups in total. The van der Waals surface area contributed by atoms with Crippen molar-refractivity contribution in [2.45, 2.75) is 13.3 Å². The van der Waals surface area contributed by atoms with E-state index in [0.717, 1.165) is 12.2 Å². The Morgan fingerprint density at radius 1 is 1.31 bits per heavy atom. The van der Waals surface area contributed by atoms with Crippen LogP contribution in [0.15, 0.2) is 23.6 Å². The highest BCUT2D eigenvalue weighted by Gasteiger charge is 2.06. The largest absolute Gasteiger partial charge is 0.496 e. The van der Waals surface area contributed by atoms with Crippen LogP contribution in [-0.4, -0.2) is 7.11 Å². The Bertz CT molecular complexity index is 417. The third-order valence-corrected chi connectivity index (χ3v) is 3.16. The van der Waals surface area contributed by atoms with Crippen LogP contribution >= 0.6 is 11.3 Å². The third-order valence-electron chi connectivity index (χ3n) is 2.28. The first-order chi connectivity index (χ1) is 6.36. The van der Waals surface area contributed by atoms with Crippen LogP contribution in [0.1, 0.15) is 12.5 Å². The number of fused-ring (bicyclic) bond motifs is 1. The van der Waals surface area contributed by atoms with Gasteiger partial charge in [-0.3, -0.25) is 0 Å². The van der Waals surface area contributed by atoms with Gasteiger partial charge in [0.1, 0.15) is 5.75 Å². The van der Waals surface area contributed by atoms with Crippen molar-refractivity contribution < 1.29 is 4.74 Å². The number of ether oxygens (including phenoxy) is 1. The summed E-state index contributed by atoms with van der Waals surface area (Å²) >= 11 is 1.78. The molecule has 0 bridgehead atoms. The first-order valence-corrected chi connectivity index (χ1v) is 5.28. The minimum absolute atomic E-state index is 1.01. The average molecular weight is 192 g/mol. The lowest BCUT2D eigenvalue weighted by molar-refractivity contribution is 0.411. The van der Waals surface area contributed by atoms with Crippen molar-refractivity contribution in [1.82, 2.24) is 0 Å². The van der Waals surface area contributed by atoms with Gasteiger partial charge in [0, 0.05) is 10.3 Å². The Morgan fingerprint density at radius 2 is 2.15 bits per heavy atom. The molecule has 0 saturated carbocycles. The van der Waals surface area contributed by atoms with Gasteiger partial charge in [0.15, 0.2) is 0 Å². The Kier molecular flexibility index (Phi) is 2.23. The molecule has 2 heteroatoms. The molecule has 0 radical (unpaired) electrons. The van der Waals surface area contributed by atoms with E-state index in [2.05, 4.69) is 30.5 Å². The molecule has 0 unspecified atom stereocenters. The van der Waals surface area contributed by atoms with Crippen LogP contribution in [0.25, 0.3) is 10.1 Å². The SMILES string of the molecule is CCc1c(OC)ccc2sccc12. The lowest BCUT2D eigenvalue weighted by Crippen LogP contribution is -1.89. The van der Waals surface area contributed by atoms with Crippen LogP contribution in [0.4, 0.5) is 0 Å². The Balaban J connectivity index is 2.74. The predicted molar refractivity (Wildman–Crippen MR) is 57.8 cm³/mol. The molecule has 0 saturated heterocycles. The zero-order valence-electron chi connectivity index (χ0n) is 7.83. The zero-order valence-corrected chi connectivity index (χ0v) is 8.65. The molecule has 68 valence electrons. The summed E-state index contributed by atoms with van der Waals surface area (Å²) in [6, 6.07) is 6.34. The van der Waals surface area contributed by atoms with Gasteiger partial charge in [0.25, 0.3) is 0 Å². The zero-order chi connectivity index (χ0) is 9.26. The third kappa shape index (κ3) is 1.31. The average Bonchev–Trinajstić information content (AvgIpc) is 2.63. The first kappa shape index (κ1) is 8.57. The second kappa shape index (κ2) is 3.38. The number of benzene rings is 1. The molecule has 2 rings (SSSR count). The van der Waals surface area contributed by atoms with Crippen LogP contribution < -0.4 is 4.74 Å². The van der Waals surface area contributed by atoms with E-state index in [0.29, 0.717) is 0 Å². The Hall–Kier alpha value is -1.02. The van der Waals surface area contributed by atoms with E-state index in [1.165, 1.54) is 15.6 Å². The van der Waals surface area contributed by atoms with E-state index in [1.807, 2.05) is 0 Å². The molecule has 0 fully saturated rings. The van der Waals surface area contributed by atoms with Gasteiger partial charge in [0.05, 0.1) is 7.11 Å². The van der Waals surface area contributed by atoms with Crippen molar-refractivity contribution in [3.05, 3.63) is 29.1 Å². The second-order valence-electron chi connectivity index (χ2n) is 2.93. The molecule has 1 heterocycles. The van der Waals surface area contributed by atoms with Crippen LogP contribution in [0.3, 0.4) is 0 Å². The molecule has 1 aromatic carbocycles. The normalized spacial score (nSPS) is 10.6. The van der Waals surface area contributed by atoms with Gasteiger partial charge in [-0.15, -0.1) is 11.3 Å². The number of hydrogen-bond acceptors (Lipinski definition) is 2. The quantitative estimate of drug-likeness (QED) is 0.708. The van der Waals surface area contributed by atoms with Crippen LogP contribution in [-0.2, 0) is 6.42 Å². The summed E-state index contributed by atoms with van der Waals surface area (Å²) in [7, 11) is 1.73. The maximum absolute atomic E-state index is 5.32. The topological polar surface area (TPSA) is 9.23 Å². The fourth-order valence-electron chi connectivity index (χ4n) is 1.64. The summed E-state index contributed by atoms with van der Waals surface area (Å²) in [4.78, 5) is 0. The summed E-state index contributed by atoms with van der Waals surface area (Å²) in [6.45, 7) is 2.16. The maximum atomic E-state index is 5.32. The smallest absolute Gasteiger partial charge is 0.122 e. The number of methoxy groups -OCH3 is 1. The molecule has 1 nitrogen and oxygen atoms in total. The highest BCUT2D eigenvalue weighted by molar-refractivity contribution is 7.17. The standard InChI is InChI=1S/C11H12OS/c1-3-8-9-6-7-13-11(9)5-4-10(8)12-2/h4-7H,3H2,1-2H3. The van der Waals surface area contributed by atoms with E-state index >= 15 is 0 Å². The lowest BCUT2D eigenvalue weighted by Gasteiger charge is -2.07. The van der Waals surface area contributed by atoms with Gasteiger partial charge in [-0.25, -0.2) is 0 Å². The molecule has 0 aliphatic rings. The van der Waals surface area contributed by atoms with Crippen LogP contribution in [0.2, 0.25) is 0 Å². The van der Waals surface area contributed by atoms with E-state index < -0.39 is 0 Å².